The molecular formula is C11H21NO3. The van der Waals surface area contributed by atoms with Crippen molar-refractivity contribution in [3.63, 3.8) is 0 Å². The largest absolute Gasteiger partial charge is 0.481 e. The molecule has 0 aromatic carbocycles. The number of carbonyl (C=O) groups is 2. The molecule has 0 spiro atoms. The zero-order valence-corrected chi connectivity index (χ0v) is 10.0. The lowest BCUT2D eigenvalue weighted by Crippen LogP contribution is -2.32. The second kappa shape index (κ2) is 5.73. The van der Waals surface area contributed by atoms with Gasteiger partial charge in [0.05, 0.1) is 6.42 Å². The zero-order chi connectivity index (χ0) is 12.1. The van der Waals surface area contributed by atoms with Crippen molar-refractivity contribution in [3.05, 3.63) is 0 Å². The van der Waals surface area contributed by atoms with Crippen molar-refractivity contribution in [2.75, 3.05) is 13.6 Å². The molecule has 0 aliphatic heterocycles. The molecule has 0 saturated heterocycles. The van der Waals surface area contributed by atoms with E-state index >= 15 is 0 Å². The summed E-state index contributed by atoms with van der Waals surface area (Å²) in [4.78, 5) is 23.9. The Morgan fingerprint density at radius 3 is 2.20 bits per heavy atom. The molecule has 15 heavy (non-hydrogen) atoms. The van der Waals surface area contributed by atoms with Crippen molar-refractivity contribution in [2.24, 2.45) is 5.41 Å². The summed E-state index contributed by atoms with van der Waals surface area (Å²) in [5, 5.41) is 8.68. The molecule has 0 aliphatic rings. The van der Waals surface area contributed by atoms with Gasteiger partial charge in [-0.1, -0.05) is 20.8 Å². The maximum Gasteiger partial charge on any atom is 0.303 e. The van der Waals surface area contributed by atoms with Crippen molar-refractivity contribution >= 4 is 11.9 Å². The van der Waals surface area contributed by atoms with Gasteiger partial charge in [-0.3, -0.25) is 9.59 Å². The minimum Gasteiger partial charge on any atom is -0.481 e. The van der Waals surface area contributed by atoms with Crippen LogP contribution in [0.4, 0.5) is 0 Å². The quantitative estimate of drug-likeness (QED) is 0.734. The summed E-state index contributed by atoms with van der Waals surface area (Å²) in [7, 11) is 1.75. The van der Waals surface area contributed by atoms with Crippen LogP contribution in [0.25, 0.3) is 0 Å². The Bertz CT molecular complexity index is 236. The summed E-state index contributed by atoms with van der Waals surface area (Å²) in [6.07, 6.45) is 1.23. The van der Waals surface area contributed by atoms with E-state index < -0.39 is 11.4 Å². The van der Waals surface area contributed by atoms with Gasteiger partial charge in [0.2, 0.25) is 5.91 Å². The molecule has 4 nitrogen and oxygen atoms in total. The number of hydrogen-bond donors (Lipinski definition) is 1. The van der Waals surface area contributed by atoms with Gasteiger partial charge in [0.15, 0.2) is 0 Å². The summed E-state index contributed by atoms with van der Waals surface area (Å²) in [5.41, 5.74) is -0.467. The summed E-state index contributed by atoms with van der Waals surface area (Å²) >= 11 is 0. The molecule has 0 saturated carbocycles. The van der Waals surface area contributed by atoms with Crippen LogP contribution in [0.15, 0.2) is 0 Å². The standard InChI is InChI=1S/C11H21NO3/c1-5-6-12(4)9(13)7-11(2,3)8-10(14)15/h5-8H2,1-4H3,(H,14,15). The van der Waals surface area contributed by atoms with Crippen molar-refractivity contribution < 1.29 is 14.7 Å². The van der Waals surface area contributed by atoms with Crippen LogP contribution in [0.3, 0.4) is 0 Å². The van der Waals surface area contributed by atoms with Gasteiger partial charge in [-0.15, -0.1) is 0 Å². The number of rotatable bonds is 6. The van der Waals surface area contributed by atoms with Crippen molar-refractivity contribution in [1.29, 1.82) is 0 Å². The molecule has 0 aromatic rings. The van der Waals surface area contributed by atoms with Crippen LogP contribution in [0.2, 0.25) is 0 Å². The van der Waals surface area contributed by atoms with E-state index in [0.717, 1.165) is 13.0 Å². The highest BCUT2D eigenvalue weighted by atomic mass is 16.4. The Balaban J connectivity index is 4.20. The molecule has 0 aromatic heterocycles. The molecule has 0 radical (unpaired) electrons. The lowest BCUT2D eigenvalue weighted by Gasteiger charge is -2.25. The van der Waals surface area contributed by atoms with E-state index in [1.54, 1.807) is 25.8 Å². The zero-order valence-electron chi connectivity index (χ0n) is 10.0. The van der Waals surface area contributed by atoms with Crippen molar-refractivity contribution in [3.8, 4) is 0 Å². The third-order valence-corrected chi connectivity index (χ3v) is 2.24. The Kier molecular flexibility index (Phi) is 5.33. The molecule has 88 valence electrons. The first-order valence-electron chi connectivity index (χ1n) is 5.24. The van der Waals surface area contributed by atoms with E-state index in [0.29, 0.717) is 0 Å². The molecule has 0 unspecified atom stereocenters. The minimum atomic E-state index is -0.856. The summed E-state index contributed by atoms with van der Waals surface area (Å²) < 4.78 is 0. The lowest BCUT2D eigenvalue weighted by atomic mass is 9.85. The van der Waals surface area contributed by atoms with E-state index in [1.165, 1.54) is 0 Å². The van der Waals surface area contributed by atoms with Crippen LogP contribution < -0.4 is 0 Å². The Morgan fingerprint density at radius 2 is 1.80 bits per heavy atom. The first-order chi connectivity index (χ1) is 6.78. The summed E-state index contributed by atoms with van der Waals surface area (Å²) in [6, 6.07) is 0. The van der Waals surface area contributed by atoms with Gasteiger partial charge in [-0.05, 0) is 11.8 Å². The van der Waals surface area contributed by atoms with Gasteiger partial charge in [0.25, 0.3) is 0 Å². The smallest absolute Gasteiger partial charge is 0.303 e. The van der Waals surface area contributed by atoms with Crippen LogP contribution >= 0.6 is 0 Å². The molecule has 0 bridgehead atoms. The third-order valence-electron chi connectivity index (χ3n) is 2.24. The second-order valence-electron chi connectivity index (χ2n) is 4.73. The Morgan fingerprint density at radius 1 is 1.27 bits per heavy atom. The van der Waals surface area contributed by atoms with E-state index in [-0.39, 0.29) is 18.7 Å². The molecule has 4 heteroatoms. The SMILES string of the molecule is CCCN(C)C(=O)CC(C)(C)CC(=O)O. The predicted octanol–water partition coefficient (Wildman–Crippen LogP) is 1.75. The summed E-state index contributed by atoms with van der Waals surface area (Å²) in [6.45, 7) is 6.34. The van der Waals surface area contributed by atoms with Gasteiger partial charge < -0.3 is 10.0 Å². The first kappa shape index (κ1) is 13.9. The molecule has 0 heterocycles. The molecule has 0 rings (SSSR count). The average Bonchev–Trinajstić information content (AvgIpc) is 2.00. The number of carboxylic acids is 1. The lowest BCUT2D eigenvalue weighted by molar-refractivity contribution is -0.140. The maximum atomic E-state index is 11.7. The van der Waals surface area contributed by atoms with Crippen LogP contribution in [0, 0.1) is 5.41 Å². The van der Waals surface area contributed by atoms with Crippen LogP contribution in [0.1, 0.15) is 40.0 Å². The molecule has 1 N–H and O–H groups in total. The van der Waals surface area contributed by atoms with Crippen LogP contribution in [0.5, 0.6) is 0 Å². The van der Waals surface area contributed by atoms with Gasteiger partial charge in [-0.25, -0.2) is 0 Å². The highest BCUT2D eigenvalue weighted by Crippen LogP contribution is 2.25. The fraction of sp³-hybridized carbons (Fsp3) is 0.818. The predicted molar refractivity (Wildman–Crippen MR) is 58.6 cm³/mol. The number of carboxylic acid groups (broad SMARTS) is 1. The van der Waals surface area contributed by atoms with Crippen molar-refractivity contribution in [1.82, 2.24) is 4.90 Å². The van der Waals surface area contributed by atoms with Gasteiger partial charge >= 0.3 is 5.97 Å². The molecular weight excluding hydrogens is 194 g/mol. The number of amides is 1. The van der Waals surface area contributed by atoms with Crippen molar-refractivity contribution in [2.45, 2.75) is 40.0 Å². The Hall–Kier alpha value is -1.06. The van der Waals surface area contributed by atoms with E-state index in [9.17, 15) is 9.59 Å². The fourth-order valence-electron chi connectivity index (χ4n) is 1.48. The first-order valence-corrected chi connectivity index (χ1v) is 5.24. The number of hydrogen-bond acceptors (Lipinski definition) is 2. The minimum absolute atomic E-state index is 0.0168. The average molecular weight is 215 g/mol. The highest BCUT2D eigenvalue weighted by Gasteiger charge is 2.26. The van der Waals surface area contributed by atoms with E-state index in [1.807, 2.05) is 6.92 Å². The molecule has 0 atom stereocenters. The number of aliphatic carboxylic acids is 1. The van der Waals surface area contributed by atoms with Crippen LogP contribution in [-0.2, 0) is 9.59 Å². The number of carbonyl (C=O) groups excluding carboxylic acids is 1. The van der Waals surface area contributed by atoms with Gasteiger partial charge in [0, 0.05) is 20.0 Å². The number of nitrogens with zero attached hydrogens (tertiary/aromatic N) is 1. The third kappa shape index (κ3) is 6.10. The topological polar surface area (TPSA) is 57.6 Å². The monoisotopic (exact) mass is 215 g/mol. The fourth-order valence-corrected chi connectivity index (χ4v) is 1.48. The summed E-state index contributed by atoms with van der Waals surface area (Å²) in [5.74, 6) is -0.839. The maximum absolute atomic E-state index is 11.7. The highest BCUT2D eigenvalue weighted by molar-refractivity contribution is 5.77. The van der Waals surface area contributed by atoms with Gasteiger partial charge in [0.1, 0.15) is 0 Å². The van der Waals surface area contributed by atoms with E-state index in [4.69, 9.17) is 5.11 Å². The molecule has 0 aliphatic carbocycles. The van der Waals surface area contributed by atoms with Crippen LogP contribution in [-0.4, -0.2) is 35.5 Å². The van der Waals surface area contributed by atoms with E-state index in [2.05, 4.69) is 0 Å². The second-order valence-corrected chi connectivity index (χ2v) is 4.73. The van der Waals surface area contributed by atoms with Gasteiger partial charge in [-0.2, -0.15) is 0 Å². The molecule has 1 amide bonds. The normalized spacial score (nSPS) is 11.2. The molecule has 0 fully saturated rings. The Labute approximate surface area is 91.3 Å².